The van der Waals surface area contributed by atoms with Gasteiger partial charge < -0.3 is 9.47 Å². The molecule has 8 heteroatoms. The second-order valence-electron chi connectivity index (χ2n) is 4.80. The van der Waals surface area contributed by atoms with Gasteiger partial charge in [-0.3, -0.25) is 20.4 Å². The number of nitrogens with one attached hydrogen (secondary N) is 2. The first-order valence-electron chi connectivity index (χ1n) is 7.40. The molecule has 2 aromatic carbocycles. The molecule has 25 heavy (non-hydrogen) atoms. The van der Waals surface area contributed by atoms with Crippen molar-refractivity contribution in [2.45, 2.75) is 6.92 Å². The Kier molecular flexibility index (Phi) is 6.27. The van der Waals surface area contributed by atoms with E-state index < -0.39 is 23.4 Å². The highest BCUT2D eigenvalue weighted by Gasteiger charge is 2.11. The van der Waals surface area contributed by atoms with Crippen molar-refractivity contribution in [1.82, 2.24) is 10.9 Å². The molecule has 0 saturated heterocycles. The van der Waals surface area contributed by atoms with Crippen molar-refractivity contribution < 1.29 is 27.8 Å². The van der Waals surface area contributed by atoms with E-state index in [2.05, 4.69) is 10.9 Å². The van der Waals surface area contributed by atoms with Gasteiger partial charge in [-0.15, -0.1) is 0 Å². The molecule has 0 bridgehead atoms. The molecule has 2 amide bonds. The molecule has 0 fully saturated rings. The minimum absolute atomic E-state index is 0.137. The molecule has 0 heterocycles. The monoisotopic (exact) mass is 350 g/mol. The standard InChI is InChI=1S/C17H16F2N2O4/c1-2-24-14-5-3-4-6-15(14)25-10-16(22)20-21-17(23)11-7-8-12(18)13(19)9-11/h3-9H,2,10H2,1H3,(H,20,22)(H,21,23). The number of amides is 2. The van der Waals surface area contributed by atoms with E-state index in [9.17, 15) is 18.4 Å². The van der Waals surface area contributed by atoms with Gasteiger partial charge in [-0.1, -0.05) is 12.1 Å². The molecular weight excluding hydrogens is 334 g/mol. The second kappa shape index (κ2) is 8.62. The number of halogens is 2. The van der Waals surface area contributed by atoms with Crippen molar-refractivity contribution in [2.24, 2.45) is 0 Å². The molecule has 2 aromatic rings. The molecule has 0 spiro atoms. The summed E-state index contributed by atoms with van der Waals surface area (Å²) in [5.74, 6) is -2.78. The third-order valence-corrected chi connectivity index (χ3v) is 3.01. The van der Waals surface area contributed by atoms with E-state index >= 15 is 0 Å². The van der Waals surface area contributed by atoms with Crippen LogP contribution < -0.4 is 20.3 Å². The molecule has 0 unspecified atom stereocenters. The molecule has 0 aromatic heterocycles. The fourth-order valence-corrected chi connectivity index (χ4v) is 1.86. The lowest BCUT2D eigenvalue weighted by Gasteiger charge is -2.12. The zero-order valence-corrected chi connectivity index (χ0v) is 13.3. The molecule has 0 aliphatic carbocycles. The van der Waals surface area contributed by atoms with Crippen LogP contribution in [0.4, 0.5) is 8.78 Å². The molecule has 2 N–H and O–H groups in total. The van der Waals surface area contributed by atoms with Gasteiger partial charge >= 0.3 is 0 Å². The van der Waals surface area contributed by atoms with Gasteiger partial charge in [0.2, 0.25) is 0 Å². The number of carbonyl (C=O) groups excluding carboxylic acids is 2. The molecular formula is C17H16F2N2O4. The lowest BCUT2D eigenvalue weighted by molar-refractivity contribution is -0.123. The summed E-state index contributed by atoms with van der Waals surface area (Å²) in [4.78, 5) is 23.5. The summed E-state index contributed by atoms with van der Waals surface area (Å²) in [6.45, 7) is 1.89. The molecule has 2 rings (SSSR count). The fourth-order valence-electron chi connectivity index (χ4n) is 1.86. The van der Waals surface area contributed by atoms with Crippen LogP contribution in [-0.2, 0) is 4.79 Å². The topological polar surface area (TPSA) is 76.7 Å². The van der Waals surface area contributed by atoms with Crippen LogP contribution in [0, 0.1) is 11.6 Å². The average molecular weight is 350 g/mol. The lowest BCUT2D eigenvalue weighted by atomic mass is 10.2. The number of para-hydroxylation sites is 2. The minimum Gasteiger partial charge on any atom is -0.490 e. The van der Waals surface area contributed by atoms with E-state index in [0.717, 1.165) is 18.2 Å². The van der Waals surface area contributed by atoms with Crippen LogP contribution in [0.1, 0.15) is 17.3 Å². The Balaban J connectivity index is 1.84. The van der Waals surface area contributed by atoms with E-state index in [0.29, 0.717) is 18.1 Å². The van der Waals surface area contributed by atoms with Crippen LogP contribution in [0.5, 0.6) is 11.5 Å². The van der Waals surface area contributed by atoms with Crippen LogP contribution in [-0.4, -0.2) is 25.0 Å². The normalized spacial score (nSPS) is 10.0. The first-order valence-corrected chi connectivity index (χ1v) is 7.40. The van der Waals surface area contributed by atoms with Crippen LogP contribution in [0.2, 0.25) is 0 Å². The Labute approximate surface area is 142 Å². The van der Waals surface area contributed by atoms with Gasteiger partial charge in [-0.25, -0.2) is 8.78 Å². The van der Waals surface area contributed by atoms with Crippen LogP contribution in [0.15, 0.2) is 42.5 Å². The highest BCUT2D eigenvalue weighted by molar-refractivity contribution is 5.95. The van der Waals surface area contributed by atoms with Gasteiger partial charge in [0.05, 0.1) is 6.61 Å². The van der Waals surface area contributed by atoms with E-state index in [-0.39, 0.29) is 12.2 Å². The summed E-state index contributed by atoms with van der Waals surface area (Å²) in [5, 5.41) is 0. The highest BCUT2D eigenvalue weighted by Crippen LogP contribution is 2.26. The molecule has 132 valence electrons. The Morgan fingerprint density at radius 3 is 2.28 bits per heavy atom. The van der Waals surface area contributed by atoms with Gasteiger partial charge in [-0.05, 0) is 37.3 Å². The summed E-state index contributed by atoms with van der Waals surface area (Å²) in [5.41, 5.74) is 4.06. The van der Waals surface area contributed by atoms with Crippen molar-refractivity contribution in [3.05, 3.63) is 59.7 Å². The first kappa shape index (κ1) is 18.2. The Hall–Kier alpha value is -3.16. The number of hydrogen-bond donors (Lipinski definition) is 2. The van der Waals surface area contributed by atoms with Crippen molar-refractivity contribution in [3.63, 3.8) is 0 Å². The number of rotatable bonds is 6. The molecule has 0 aliphatic rings. The van der Waals surface area contributed by atoms with Gasteiger partial charge in [0.15, 0.2) is 29.7 Å². The van der Waals surface area contributed by atoms with E-state index in [1.807, 2.05) is 6.92 Å². The number of ether oxygens (including phenoxy) is 2. The van der Waals surface area contributed by atoms with E-state index in [1.54, 1.807) is 24.3 Å². The number of benzene rings is 2. The SMILES string of the molecule is CCOc1ccccc1OCC(=O)NNC(=O)c1ccc(F)c(F)c1. The average Bonchev–Trinajstić information content (AvgIpc) is 2.61. The zero-order chi connectivity index (χ0) is 18.2. The quantitative estimate of drug-likeness (QED) is 0.783. The van der Waals surface area contributed by atoms with Crippen LogP contribution in [0.25, 0.3) is 0 Å². The maximum Gasteiger partial charge on any atom is 0.276 e. The summed E-state index contributed by atoms with van der Waals surface area (Å²) in [7, 11) is 0. The summed E-state index contributed by atoms with van der Waals surface area (Å²) in [6.07, 6.45) is 0. The van der Waals surface area contributed by atoms with Gasteiger partial charge in [0, 0.05) is 5.56 Å². The van der Waals surface area contributed by atoms with Crippen molar-refractivity contribution in [2.75, 3.05) is 13.2 Å². The molecule has 0 atom stereocenters. The highest BCUT2D eigenvalue weighted by atomic mass is 19.2. The summed E-state index contributed by atoms with van der Waals surface area (Å²) in [6, 6.07) is 9.46. The molecule has 0 aliphatic heterocycles. The molecule has 6 nitrogen and oxygen atoms in total. The van der Waals surface area contributed by atoms with Gasteiger partial charge in [0.1, 0.15) is 0 Å². The van der Waals surface area contributed by atoms with Crippen molar-refractivity contribution in [1.29, 1.82) is 0 Å². The van der Waals surface area contributed by atoms with E-state index in [1.165, 1.54) is 0 Å². The Bertz CT molecular complexity index is 768. The Morgan fingerprint density at radius 2 is 1.64 bits per heavy atom. The third kappa shape index (κ3) is 5.17. The number of carbonyl (C=O) groups is 2. The van der Waals surface area contributed by atoms with E-state index in [4.69, 9.17) is 9.47 Å². The maximum absolute atomic E-state index is 13.1. The number of hydrogen-bond acceptors (Lipinski definition) is 4. The zero-order valence-electron chi connectivity index (χ0n) is 13.3. The summed E-state index contributed by atoms with van der Waals surface area (Å²) < 4.78 is 36.6. The predicted molar refractivity (Wildman–Crippen MR) is 85.1 cm³/mol. The smallest absolute Gasteiger partial charge is 0.276 e. The van der Waals surface area contributed by atoms with Gasteiger partial charge in [0.25, 0.3) is 11.8 Å². The molecule has 0 radical (unpaired) electrons. The van der Waals surface area contributed by atoms with Gasteiger partial charge in [-0.2, -0.15) is 0 Å². The molecule has 0 saturated carbocycles. The summed E-state index contributed by atoms with van der Waals surface area (Å²) >= 11 is 0. The largest absolute Gasteiger partial charge is 0.490 e. The third-order valence-electron chi connectivity index (χ3n) is 3.01. The minimum atomic E-state index is -1.16. The predicted octanol–water partition coefficient (Wildman–Crippen LogP) is 2.20. The number of hydrazine groups is 1. The van der Waals surface area contributed by atoms with Crippen LogP contribution in [0.3, 0.4) is 0 Å². The lowest BCUT2D eigenvalue weighted by Crippen LogP contribution is -2.43. The second-order valence-corrected chi connectivity index (χ2v) is 4.80. The van der Waals surface area contributed by atoms with Crippen molar-refractivity contribution in [3.8, 4) is 11.5 Å². The first-order chi connectivity index (χ1) is 12.0. The maximum atomic E-state index is 13.1. The van der Waals surface area contributed by atoms with Crippen molar-refractivity contribution >= 4 is 11.8 Å². The van der Waals surface area contributed by atoms with Crippen LogP contribution >= 0.6 is 0 Å². The fraction of sp³-hybridized carbons (Fsp3) is 0.176. The Morgan fingerprint density at radius 1 is 0.960 bits per heavy atom.